The molecule has 6 heteroatoms. The Labute approximate surface area is 161 Å². The standard InChI is InChI=1S/C21H18N2O3S/c1-13-7-8-17-15(9-13)11-18(26-20(17)25)19(24)23-21-22-12-16(27-21)10-14-5-3-2-4-6-14/h2-9,12,18H,10-11H2,1H3,(H,22,23,24). The summed E-state index contributed by atoms with van der Waals surface area (Å²) in [7, 11) is 0. The molecule has 0 bridgehead atoms. The molecule has 1 aliphatic rings. The first-order chi connectivity index (χ1) is 13.1. The number of carbonyl (C=O) groups excluding carboxylic acids is 2. The number of thiazole rings is 1. The molecule has 27 heavy (non-hydrogen) atoms. The van der Waals surface area contributed by atoms with Crippen molar-refractivity contribution in [3.05, 3.63) is 81.9 Å². The van der Waals surface area contributed by atoms with Gasteiger partial charge in [-0.25, -0.2) is 9.78 Å². The summed E-state index contributed by atoms with van der Waals surface area (Å²) >= 11 is 1.43. The van der Waals surface area contributed by atoms with E-state index in [2.05, 4.69) is 22.4 Å². The average molecular weight is 378 g/mol. The minimum absolute atomic E-state index is 0.351. The number of carbonyl (C=O) groups is 2. The Balaban J connectivity index is 1.43. The Bertz CT molecular complexity index is 998. The van der Waals surface area contributed by atoms with Crippen LogP contribution < -0.4 is 5.32 Å². The highest BCUT2D eigenvalue weighted by atomic mass is 32.1. The van der Waals surface area contributed by atoms with E-state index in [9.17, 15) is 9.59 Å². The summed E-state index contributed by atoms with van der Waals surface area (Å²) in [6, 6.07) is 15.6. The van der Waals surface area contributed by atoms with Crippen LogP contribution in [-0.4, -0.2) is 23.0 Å². The van der Waals surface area contributed by atoms with Gasteiger partial charge < -0.3 is 4.74 Å². The summed E-state index contributed by atoms with van der Waals surface area (Å²) in [4.78, 5) is 30.0. The molecule has 4 rings (SSSR count). The van der Waals surface area contributed by atoms with Gasteiger partial charge in [0.1, 0.15) is 0 Å². The first-order valence-corrected chi connectivity index (χ1v) is 9.50. The number of esters is 1. The Hall–Kier alpha value is -2.99. The number of benzene rings is 2. The monoisotopic (exact) mass is 378 g/mol. The smallest absolute Gasteiger partial charge is 0.339 e. The van der Waals surface area contributed by atoms with E-state index in [1.807, 2.05) is 37.3 Å². The number of amides is 1. The molecule has 5 nitrogen and oxygen atoms in total. The number of hydrogen-bond acceptors (Lipinski definition) is 5. The molecule has 3 aromatic rings. The Kier molecular flexibility index (Phi) is 4.73. The van der Waals surface area contributed by atoms with Gasteiger partial charge in [0.25, 0.3) is 5.91 Å². The van der Waals surface area contributed by atoms with Crippen molar-refractivity contribution in [3.8, 4) is 0 Å². The second-order valence-corrected chi connectivity index (χ2v) is 7.66. The van der Waals surface area contributed by atoms with Crippen molar-refractivity contribution in [1.82, 2.24) is 4.98 Å². The molecule has 1 aromatic heterocycles. The largest absolute Gasteiger partial charge is 0.448 e. The van der Waals surface area contributed by atoms with Crippen molar-refractivity contribution < 1.29 is 14.3 Å². The Morgan fingerprint density at radius 1 is 1.26 bits per heavy atom. The molecule has 0 spiro atoms. The minimum atomic E-state index is -0.840. The molecule has 1 atom stereocenters. The van der Waals surface area contributed by atoms with Crippen LogP contribution in [0.4, 0.5) is 5.13 Å². The maximum atomic E-state index is 12.6. The Morgan fingerprint density at radius 3 is 2.89 bits per heavy atom. The molecular weight excluding hydrogens is 360 g/mol. The topological polar surface area (TPSA) is 68.3 Å². The summed E-state index contributed by atoms with van der Waals surface area (Å²) in [6.45, 7) is 1.96. The average Bonchev–Trinajstić information content (AvgIpc) is 3.08. The van der Waals surface area contributed by atoms with Crippen LogP contribution >= 0.6 is 11.3 Å². The SMILES string of the molecule is Cc1ccc2c(c1)CC(C(=O)Nc1ncc(Cc3ccccc3)s1)OC2=O. The number of cyclic esters (lactones) is 1. The van der Waals surface area contributed by atoms with Gasteiger partial charge in [0.2, 0.25) is 0 Å². The fourth-order valence-electron chi connectivity index (χ4n) is 3.10. The van der Waals surface area contributed by atoms with Crippen molar-refractivity contribution >= 4 is 28.3 Å². The van der Waals surface area contributed by atoms with Crippen LogP contribution in [0.2, 0.25) is 0 Å². The zero-order valence-electron chi connectivity index (χ0n) is 14.8. The summed E-state index contributed by atoms with van der Waals surface area (Å²) < 4.78 is 5.32. The van der Waals surface area contributed by atoms with Gasteiger partial charge in [-0.2, -0.15) is 0 Å². The second kappa shape index (κ2) is 7.32. The zero-order valence-corrected chi connectivity index (χ0v) is 15.6. The zero-order chi connectivity index (χ0) is 18.8. The number of hydrogen-bond donors (Lipinski definition) is 1. The van der Waals surface area contributed by atoms with E-state index in [-0.39, 0.29) is 5.91 Å². The number of rotatable bonds is 4. The molecule has 0 fully saturated rings. The molecule has 2 heterocycles. The fraction of sp³-hybridized carbons (Fsp3) is 0.190. The van der Waals surface area contributed by atoms with E-state index in [1.54, 1.807) is 12.3 Å². The van der Waals surface area contributed by atoms with Crippen LogP contribution in [0.1, 0.15) is 31.9 Å². The first kappa shape index (κ1) is 17.4. The van der Waals surface area contributed by atoms with Crippen LogP contribution in [-0.2, 0) is 22.4 Å². The second-order valence-electron chi connectivity index (χ2n) is 6.54. The van der Waals surface area contributed by atoms with Gasteiger partial charge in [-0.05, 0) is 24.1 Å². The summed E-state index contributed by atoms with van der Waals surface area (Å²) in [5.74, 6) is -0.809. The predicted molar refractivity (Wildman–Crippen MR) is 104 cm³/mol. The maximum absolute atomic E-state index is 12.6. The molecule has 2 aromatic carbocycles. The minimum Gasteiger partial charge on any atom is -0.448 e. The van der Waals surface area contributed by atoms with Crippen molar-refractivity contribution in [1.29, 1.82) is 0 Å². The third-order valence-electron chi connectivity index (χ3n) is 4.43. The van der Waals surface area contributed by atoms with E-state index >= 15 is 0 Å². The third kappa shape index (κ3) is 3.90. The van der Waals surface area contributed by atoms with E-state index in [1.165, 1.54) is 16.9 Å². The predicted octanol–water partition coefficient (Wildman–Crippen LogP) is 3.76. The van der Waals surface area contributed by atoms with E-state index in [0.717, 1.165) is 22.4 Å². The van der Waals surface area contributed by atoms with Gasteiger partial charge in [-0.3, -0.25) is 10.1 Å². The lowest BCUT2D eigenvalue weighted by Crippen LogP contribution is -2.38. The summed E-state index contributed by atoms with van der Waals surface area (Å²) in [5, 5.41) is 3.29. The van der Waals surface area contributed by atoms with Crippen molar-refractivity contribution in [2.45, 2.75) is 25.9 Å². The van der Waals surface area contributed by atoms with Crippen molar-refractivity contribution in [2.75, 3.05) is 5.32 Å². The molecule has 0 aliphatic carbocycles. The van der Waals surface area contributed by atoms with E-state index in [4.69, 9.17) is 4.74 Å². The molecule has 1 amide bonds. The Morgan fingerprint density at radius 2 is 2.07 bits per heavy atom. The van der Waals surface area contributed by atoms with Gasteiger partial charge in [-0.1, -0.05) is 48.0 Å². The molecule has 1 aliphatic heterocycles. The lowest BCUT2D eigenvalue weighted by atomic mass is 9.96. The van der Waals surface area contributed by atoms with E-state index < -0.39 is 12.1 Å². The molecule has 1 N–H and O–H groups in total. The number of ether oxygens (including phenoxy) is 1. The van der Waals surface area contributed by atoms with Crippen LogP contribution in [0.15, 0.2) is 54.7 Å². The van der Waals surface area contributed by atoms with Crippen LogP contribution in [0.25, 0.3) is 0 Å². The molecular formula is C21H18N2O3S. The van der Waals surface area contributed by atoms with Crippen LogP contribution in [0, 0.1) is 6.92 Å². The van der Waals surface area contributed by atoms with Crippen molar-refractivity contribution in [2.24, 2.45) is 0 Å². The summed E-state index contributed by atoms with van der Waals surface area (Å²) in [5.41, 5.74) is 3.61. The fourth-order valence-corrected chi connectivity index (χ4v) is 3.95. The van der Waals surface area contributed by atoms with E-state index in [0.29, 0.717) is 17.1 Å². The number of anilines is 1. The third-order valence-corrected chi connectivity index (χ3v) is 5.35. The maximum Gasteiger partial charge on any atom is 0.339 e. The molecule has 0 saturated carbocycles. The number of nitrogens with one attached hydrogen (secondary N) is 1. The highest BCUT2D eigenvalue weighted by Crippen LogP contribution is 2.25. The highest BCUT2D eigenvalue weighted by Gasteiger charge is 2.31. The summed E-state index contributed by atoms with van der Waals surface area (Å²) in [6.07, 6.45) is 2.06. The number of fused-ring (bicyclic) bond motifs is 1. The lowest BCUT2D eigenvalue weighted by molar-refractivity contribution is -0.125. The molecule has 1 unspecified atom stereocenters. The number of aryl methyl sites for hydroxylation is 1. The number of nitrogens with zero attached hydrogens (tertiary/aromatic N) is 1. The van der Waals surface area contributed by atoms with Crippen LogP contribution in [0.5, 0.6) is 0 Å². The van der Waals surface area contributed by atoms with Crippen molar-refractivity contribution in [3.63, 3.8) is 0 Å². The lowest BCUT2D eigenvalue weighted by Gasteiger charge is -2.23. The van der Waals surface area contributed by atoms with Gasteiger partial charge in [0.15, 0.2) is 11.2 Å². The number of aromatic nitrogens is 1. The normalized spacial score (nSPS) is 15.7. The van der Waals surface area contributed by atoms with Gasteiger partial charge in [0.05, 0.1) is 5.56 Å². The van der Waals surface area contributed by atoms with Gasteiger partial charge >= 0.3 is 5.97 Å². The molecule has 0 radical (unpaired) electrons. The highest BCUT2D eigenvalue weighted by molar-refractivity contribution is 7.15. The van der Waals surface area contributed by atoms with Gasteiger partial charge in [-0.15, -0.1) is 11.3 Å². The first-order valence-electron chi connectivity index (χ1n) is 8.68. The quantitative estimate of drug-likeness (QED) is 0.702. The molecule has 0 saturated heterocycles. The van der Waals surface area contributed by atoms with Crippen LogP contribution in [0.3, 0.4) is 0 Å². The molecule has 136 valence electrons. The van der Waals surface area contributed by atoms with Gasteiger partial charge in [0, 0.05) is 23.9 Å².